The van der Waals surface area contributed by atoms with Crippen LogP contribution in [-0.2, 0) is 4.79 Å². The van der Waals surface area contributed by atoms with Crippen molar-refractivity contribution in [1.29, 1.82) is 0 Å². The summed E-state index contributed by atoms with van der Waals surface area (Å²) < 4.78 is 0. The Hall–Kier alpha value is -1.37. The molecule has 0 radical (unpaired) electrons. The molecule has 0 saturated carbocycles. The van der Waals surface area contributed by atoms with Crippen molar-refractivity contribution in [3.8, 4) is 0 Å². The average molecular weight is 186 g/mol. The van der Waals surface area contributed by atoms with Gasteiger partial charge in [-0.3, -0.25) is 4.79 Å². The van der Waals surface area contributed by atoms with Crippen LogP contribution in [0.5, 0.6) is 0 Å². The first kappa shape index (κ1) is 9.20. The molecule has 14 heavy (non-hydrogen) atoms. The normalized spacial score (nSPS) is 20.6. The number of ketones is 1. The summed E-state index contributed by atoms with van der Waals surface area (Å²) in [5.74, 6) is 0.231. The highest BCUT2D eigenvalue weighted by atomic mass is 16.1. The van der Waals surface area contributed by atoms with Crippen molar-refractivity contribution in [3.63, 3.8) is 0 Å². The van der Waals surface area contributed by atoms with Crippen LogP contribution in [0.15, 0.2) is 47.1 Å². The lowest BCUT2D eigenvalue weighted by molar-refractivity contribution is -0.111. The van der Waals surface area contributed by atoms with Crippen LogP contribution in [0.25, 0.3) is 0 Å². The summed E-state index contributed by atoms with van der Waals surface area (Å²) in [6.07, 6.45) is 13.1. The van der Waals surface area contributed by atoms with Crippen molar-refractivity contribution in [1.82, 2.24) is 0 Å². The molecule has 72 valence electrons. The van der Waals surface area contributed by atoms with Crippen LogP contribution in [0.4, 0.5) is 0 Å². The molecule has 0 spiro atoms. The van der Waals surface area contributed by atoms with Gasteiger partial charge in [-0.2, -0.15) is 0 Å². The van der Waals surface area contributed by atoms with E-state index in [-0.39, 0.29) is 5.78 Å². The van der Waals surface area contributed by atoms with Gasteiger partial charge in [-0.25, -0.2) is 0 Å². The van der Waals surface area contributed by atoms with Gasteiger partial charge < -0.3 is 0 Å². The second-order valence-corrected chi connectivity index (χ2v) is 3.63. The van der Waals surface area contributed by atoms with E-state index in [9.17, 15) is 4.79 Å². The molecular formula is C13H14O. The Morgan fingerprint density at radius 3 is 2.86 bits per heavy atom. The Morgan fingerprint density at radius 2 is 2.14 bits per heavy atom. The smallest absolute Gasteiger partial charge is 0.189 e. The van der Waals surface area contributed by atoms with Crippen molar-refractivity contribution >= 4 is 5.78 Å². The van der Waals surface area contributed by atoms with E-state index in [1.165, 1.54) is 0 Å². The lowest BCUT2D eigenvalue weighted by Gasteiger charge is -2.04. The molecule has 0 atom stereocenters. The maximum atomic E-state index is 11.8. The molecule has 0 aromatic heterocycles. The summed E-state index contributed by atoms with van der Waals surface area (Å²) in [6, 6.07) is 0. The average Bonchev–Trinajstić information content (AvgIpc) is 2.54. The summed E-state index contributed by atoms with van der Waals surface area (Å²) in [4.78, 5) is 11.8. The summed E-state index contributed by atoms with van der Waals surface area (Å²) in [5, 5.41) is 0. The first-order valence-corrected chi connectivity index (χ1v) is 5.10. The third-order valence-corrected chi connectivity index (χ3v) is 2.63. The van der Waals surface area contributed by atoms with E-state index in [4.69, 9.17) is 0 Å². The van der Waals surface area contributed by atoms with Gasteiger partial charge in [0.1, 0.15) is 0 Å². The van der Waals surface area contributed by atoms with E-state index >= 15 is 0 Å². The molecule has 0 unspecified atom stereocenters. The van der Waals surface area contributed by atoms with Gasteiger partial charge in [0, 0.05) is 11.1 Å². The van der Waals surface area contributed by atoms with Gasteiger partial charge >= 0.3 is 0 Å². The molecule has 0 bridgehead atoms. The van der Waals surface area contributed by atoms with Gasteiger partial charge in [0.15, 0.2) is 5.78 Å². The highest BCUT2D eigenvalue weighted by Gasteiger charge is 2.24. The molecular weight excluding hydrogens is 172 g/mol. The fraction of sp³-hybridized carbons (Fsp3) is 0.308. The highest BCUT2D eigenvalue weighted by molar-refractivity contribution is 6.15. The number of hydrogen-bond acceptors (Lipinski definition) is 1. The van der Waals surface area contributed by atoms with Crippen LogP contribution >= 0.6 is 0 Å². The minimum Gasteiger partial charge on any atom is -0.289 e. The van der Waals surface area contributed by atoms with Crippen LogP contribution in [-0.4, -0.2) is 5.78 Å². The fourth-order valence-electron chi connectivity index (χ4n) is 1.88. The zero-order valence-corrected chi connectivity index (χ0v) is 8.42. The Morgan fingerprint density at radius 1 is 1.36 bits per heavy atom. The highest BCUT2D eigenvalue weighted by Crippen LogP contribution is 2.31. The van der Waals surface area contributed by atoms with Crippen LogP contribution in [0, 0.1) is 0 Å². The van der Waals surface area contributed by atoms with Gasteiger partial charge in [0.25, 0.3) is 0 Å². The maximum Gasteiger partial charge on any atom is 0.189 e. The number of rotatable bonds is 2. The Kier molecular flexibility index (Phi) is 2.49. The van der Waals surface area contributed by atoms with Crippen LogP contribution in [0.2, 0.25) is 0 Å². The van der Waals surface area contributed by atoms with E-state index in [0.717, 1.165) is 36.0 Å². The molecule has 0 amide bonds. The van der Waals surface area contributed by atoms with Crippen molar-refractivity contribution < 1.29 is 4.79 Å². The summed E-state index contributed by atoms with van der Waals surface area (Å²) >= 11 is 0. The number of Topliss-reactive ketones (excluding diaryl/α,β-unsaturated/α-hetero) is 1. The van der Waals surface area contributed by atoms with Crippen molar-refractivity contribution in [3.05, 3.63) is 47.1 Å². The van der Waals surface area contributed by atoms with Crippen LogP contribution in [0.3, 0.4) is 0 Å². The van der Waals surface area contributed by atoms with Crippen LogP contribution < -0.4 is 0 Å². The molecule has 2 rings (SSSR count). The topological polar surface area (TPSA) is 17.1 Å². The molecule has 0 heterocycles. The van der Waals surface area contributed by atoms with Crippen molar-refractivity contribution in [2.75, 3.05) is 0 Å². The summed E-state index contributed by atoms with van der Waals surface area (Å²) in [7, 11) is 0. The molecule has 1 nitrogen and oxygen atoms in total. The Labute approximate surface area is 84.5 Å². The standard InChI is InChI=1S/C13H14O/c1-2-3-6-11-9-10-7-4-5-8-12(10)13(11)14/h2-3,7-9H,4-6H2,1H3. The van der Waals surface area contributed by atoms with E-state index in [2.05, 4.69) is 12.2 Å². The summed E-state index contributed by atoms with van der Waals surface area (Å²) in [6.45, 7) is 1.98. The molecule has 0 N–H and O–H groups in total. The Balaban J connectivity index is 2.25. The number of carbonyl (C=O) groups excluding carboxylic acids is 1. The van der Waals surface area contributed by atoms with Gasteiger partial charge in [-0.05, 0) is 37.8 Å². The van der Waals surface area contributed by atoms with Gasteiger partial charge in [-0.15, -0.1) is 0 Å². The van der Waals surface area contributed by atoms with E-state index in [1.54, 1.807) is 0 Å². The van der Waals surface area contributed by atoms with E-state index in [0.29, 0.717) is 0 Å². The van der Waals surface area contributed by atoms with E-state index < -0.39 is 0 Å². The number of fused-ring (bicyclic) bond motifs is 1. The predicted octanol–water partition coefficient (Wildman–Crippen LogP) is 3.11. The summed E-state index contributed by atoms with van der Waals surface area (Å²) in [5.41, 5.74) is 3.00. The molecule has 2 aliphatic carbocycles. The fourth-order valence-corrected chi connectivity index (χ4v) is 1.88. The molecule has 2 aliphatic rings. The van der Waals surface area contributed by atoms with Crippen molar-refractivity contribution in [2.24, 2.45) is 0 Å². The largest absolute Gasteiger partial charge is 0.289 e. The minimum absolute atomic E-state index is 0.231. The second-order valence-electron chi connectivity index (χ2n) is 3.63. The predicted molar refractivity (Wildman–Crippen MR) is 57.9 cm³/mol. The molecule has 1 heteroatoms. The Bertz CT molecular complexity index is 378. The molecule has 0 fully saturated rings. The second kappa shape index (κ2) is 3.79. The first-order valence-electron chi connectivity index (χ1n) is 5.10. The minimum atomic E-state index is 0.231. The molecule has 0 aliphatic heterocycles. The maximum absolute atomic E-state index is 11.8. The van der Waals surface area contributed by atoms with E-state index in [1.807, 2.05) is 25.2 Å². The number of hydrogen-bond donors (Lipinski definition) is 0. The van der Waals surface area contributed by atoms with Gasteiger partial charge in [0.05, 0.1) is 0 Å². The monoisotopic (exact) mass is 186 g/mol. The quantitative estimate of drug-likeness (QED) is 0.605. The van der Waals surface area contributed by atoms with Gasteiger partial charge in [0.2, 0.25) is 0 Å². The zero-order valence-electron chi connectivity index (χ0n) is 8.42. The molecule has 0 aromatic rings. The van der Waals surface area contributed by atoms with Gasteiger partial charge in [-0.1, -0.05) is 24.3 Å². The molecule has 0 saturated heterocycles. The zero-order chi connectivity index (χ0) is 9.97. The number of allylic oxidation sites excluding steroid dienone is 8. The SMILES string of the molecule is CC=CCC1=CC2=CCCC=C2C1=O. The first-order chi connectivity index (χ1) is 6.83. The number of carbonyl (C=O) groups is 1. The lowest BCUT2D eigenvalue weighted by atomic mass is 9.99. The molecule has 0 aromatic carbocycles. The third kappa shape index (κ3) is 1.50. The van der Waals surface area contributed by atoms with Crippen molar-refractivity contribution in [2.45, 2.75) is 26.2 Å². The van der Waals surface area contributed by atoms with Crippen LogP contribution in [0.1, 0.15) is 26.2 Å². The third-order valence-electron chi connectivity index (χ3n) is 2.63. The lowest BCUT2D eigenvalue weighted by Crippen LogP contribution is -2.01.